The van der Waals surface area contributed by atoms with E-state index in [0.717, 1.165) is 0 Å². The van der Waals surface area contributed by atoms with E-state index in [9.17, 15) is 0 Å². The van der Waals surface area contributed by atoms with E-state index >= 15 is 0 Å². The number of H-pyrrole nitrogens is 1. The molecule has 4 N–H and O–H groups in total. The Kier molecular flexibility index (Phi) is 1.61. The van der Waals surface area contributed by atoms with E-state index in [2.05, 4.69) is 19.9 Å². The average Bonchev–Trinajstić information content (AvgIpc) is 2.49. The van der Waals surface area contributed by atoms with Crippen LogP contribution in [0, 0.1) is 16.7 Å². The first kappa shape index (κ1) is 8.12. The van der Waals surface area contributed by atoms with E-state index in [1.165, 1.54) is 6.33 Å². The van der Waals surface area contributed by atoms with E-state index in [1.807, 2.05) is 0 Å². The van der Waals surface area contributed by atoms with Crippen molar-refractivity contribution in [2.75, 3.05) is 5.73 Å². The van der Waals surface area contributed by atoms with Gasteiger partial charge in [-0.1, -0.05) is 0 Å². The minimum atomic E-state index is -0.223. The van der Waals surface area contributed by atoms with Crippen LogP contribution in [0.4, 0.5) is 5.82 Å². The summed E-state index contributed by atoms with van der Waals surface area (Å²) in [5.74, 6) is -0.0238. The second kappa shape index (κ2) is 2.77. The third-order valence-corrected chi connectivity index (χ3v) is 1.65. The van der Waals surface area contributed by atoms with Gasteiger partial charge >= 0.3 is 0 Å². The first-order valence-corrected chi connectivity index (χ1v) is 3.68. The smallest absolute Gasteiger partial charge is 0.199 e. The van der Waals surface area contributed by atoms with E-state index in [0.29, 0.717) is 5.65 Å². The number of hydrogen-bond donors (Lipinski definition) is 3. The van der Waals surface area contributed by atoms with Crippen molar-refractivity contribution in [3.05, 3.63) is 17.4 Å². The number of rotatable bonds is 0. The summed E-state index contributed by atoms with van der Waals surface area (Å²) in [6.45, 7) is 0. The Labute approximate surface area is 77.8 Å². The summed E-state index contributed by atoms with van der Waals surface area (Å²) in [5.41, 5.74) is 5.85. The van der Waals surface area contributed by atoms with Gasteiger partial charge in [-0.15, -0.1) is 0 Å². The Morgan fingerprint density at radius 1 is 1.50 bits per heavy atom. The minimum absolute atomic E-state index is 0.0238. The van der Waals surface area contributed by atoms with Crippen LogP contribution in [-0.2, 0) is 0 Å². The average molecular weight is 187 g/mol. The molecule has 2 aromatic rings. The predicted molar refractivity (Wildman–Crippen MR) is 46.7 cm³/mol. The van der Waals surface area contributed by atoms with Crippen LogP contribution < -0.4 is 11.2 Å². The molecule has 0 aliphatic rings. The first-order chi connectivity index (χ1) is 6.72. The number of anilines is 1. The molecule has 0 saturated heterocycles. The third kappa shape index (κ3) is 1.06. The van der Waals surface area contributed by atoms with E-state index in [1.54, 1.807) is 6.07 Å². The lowest BCUT2D eigenvalue weighted by Crippen LogP contribution is -2.09. The lowest BCUT2D eigenvalue weighted by atomic mass is 10.3. The highest BCUT2D eigenvalue weighted by molar-refractivity contribution is 5.66. The van der Waals surface area contributed by atoms with Gasteiger partial charge in [-0.3, -0.25) is 5.41 Å². The van der Waals surface area contributed by atoms with Crippen LogP contribution in [0.15, 0.2) is 6.33 Å². The first-order valence-electron chi connectivity index (χ1n) is 3.68. The normalized spacial score (nSPS) is 9.93. The fourth-order valence-electron chi connectivity index (χ4n) is 1.01. The second-order valence-corrected chi connectivity index (χ2v) is 2.52. The topological polar surface area (TPSA) is 128 Å². The van der Waals surface area contributed by atoms with E-state index < -0.39 is 0 Å². The van der Waals surface area contributed by atoms with Gasteiger partial charge < -0.3 is 10.7 Å². The largest absolute Gasteiger partial charge is 0.382 e. The summed E-state index contributed by atoms with van der Waals surface area (Å²) in [5, 5.41) is 16.1. The molecule has 7 heteroatoms. The molecule has 14 heavy (non-hydrogen) atoms. The number of hydrogen-bond acceptors (Lipinski definition) is 6. The fraction of sp³-hybridized carbons (Fsp3) is 0. The highest BCUT2D eigenvalue weighted by Gasteiger charge is 2.05. The van der Waals surface area contributed by atoms with E-state index in [-0.39, 0.29) is 22.5 Å². The Balaban J connectivity index is 3.02. The summed E-state index contributed by atoms with van der Waals surface area (Å²) in [6.07, 6.45) is 1.40. The maximum atomic E-state index is 8.69. The number of nitrogen functional groups attached to an aromatic ring is 1. The van der Waals surface area contributed by atoms with Gasteiger partial charge in [-0.2, -0.15) is 5.26 Å². The number of aromatic nitrogens is 4. The zero-order chi connectivity index (χ0) is 10.1. The van der Waals surface area contributed by atoms with Crippen molar-refractivity contribution in [3.63, 3.8) is 0 Å². The summed E-state index contributed by atoms with van der Waals surface area (Å²) < 4.78 is 0. The minimum Gasteiger partial charge on any atom is -0.382 e. The molecule has 0 aromatic carbocycles. The molecule has 2 heterocycles. The summed E-state index contributed by atoms with van der Waals surface area (Å²) >= 11 is 0. The third-order valence-electron chi connectivity index (χ3n) is 1.65. The van der Waals surface area contributed by atoms with Crippen molar-refractivity contribution in [3.8, 4) is 6.07 Å². The molecule has 0 amide bonds. The molecule has 0 spiro atoms. The van der Waals surface area contributed by atoms with Crippen molar-refractivity contribution >= 4 is 17.1 Å². The van der Waals surface area contributed by atoms with Gasteiger partial charge in [-0.25, -0.2) is 15.0 Å². The number of nitrogens with zero attached hydrogens (tertiary/aromatic N) is 4. The van der Waals surface area contributed by atoms with Crippen molar-refractivity contribution in [1.29, 1.82) is 10.7 Å². The van der Waals surface area contributed by atoms with Gasteiger partial charge in [0.1, 0.15) is 17.5 Å². The highest BCUT2D eigenvalue weighted by Crippen LogP contribution is 2.04. The van der Waals surface area contributed by atoms with Crippen LogP contribution in [0.5, 0.6) is 0 Å². The lowest BCUT2D eigenvalue weighted by molar-refractivity contribution is 1.11. The molecular weight excluding hydrogens is 182 g/mol. The number of nitrogens with two attached hydrogens (primary N) is 1. The Bertz CT molecular complexity index is 591. The van der Waals surface area contributed by atoms with Crippen LogP contribution in [0.1, 0.15) is 5.56 Å². The van der Waals surface area contributed by atoms with Gasteiger partial charge in [0, 0.05) is 0 Å². The van der Waals surface area contributed by atoms with Crippen molar-refractivity contribution in [2.45, 2.75) is 0 Å². The van der Waals surface area contributed by atoms with Gasteiger partial charge in [0.25, 0.3) is 0 Å². The number of nitriles is 1. The quantitative estimate of drug-likeness (QED) is 0.501. The van der Waals surface area contributed by atoms with Crippen LogP contribution in [0.3, 0.4) is 0 Å². The predicted octanol–water partition coefficient (Wildman–Crippen LogP) is -0.714. The molecule has 7 nitrogen and oxygen atoms in total. The molecule has 68 valence electrons. The fourth-order valence-corrected chi connectivity index (χ4v) is 1.01. The SMILES string of the molecule is N#Cc1c(N)nc2[nH]cnc2nc1=N. The van der Waals surface area contributed by atoms with Gasteiger partial charge in [0.2, 0.25) is 0 Å². The zero-order valence-corrected chi connectivity index (χ0v) is 6.94. The monoisotopic (exact) mass is 187 g/mol. The van der Waals surface area contributed by atoms with Crippen LogP contribution >= 0.6 is 0 Å². The van der Waals surface area contributed by atoms with Crippen molar-refractivity contribution < 1.29 is 0 Å². The molecule has 0 unspecified atom stereocenters. The second-order valence-electron chi connectivity index (χ2n) is 2.52. The summed E-state index contributed by atoms with van der Waals surface area (Å²) in [4.78, 5) is 14.2. The molecule has 2 rings (SSSR count). The van der Waals surface area contributed by atoms with Crippen molar-refractivity contribution in [1.82, 2.24) is 19.9 Å². The Morgan fingerprint density at radius 3 is 3.00 bits per heavy atom. The molecule has 0 aliphatic heterocycles. The molecular formula is C7H5N7. The maximum Gasteiger partial charge on any atom is 0.199 e. The number of nitrogens with one attached hydrogen (secondary N) is 2. The molecule has 2 aromatic heterocycles. The molecule has 0 fully saturated rings. The van der Waals surface area contributed by atoms with Gasteiger partial charge in [0.05, 0.1) is 6.33 Å². The molecule has 0 aliphatic carbocycles. The molecule has 0 bridgehead atoms. The Morgan fingerprint density at radius 2 is 2.29 bits per heavy atom. The van der Waals surface area contributed by atoms with E-state index in [4.69, 9.17) is 16.4 Å². The maximum absolute atomic E-state index is 8.69. The molecule has 0 atom stereocenters. The lowest BCUT2D eigenvalue weighted by Gasteiger charge is -1.85. The Hall–Kier alpha value is -2.49. The summed E-state index contributed by atoms with van der Waals surface area (Å²) in [7, 11) is 0. The van der Waals surface area contributed by atoms with Gasteiger partial charge in [-0.05, 0) is 0 Å². The molecule has 0 saturated carbocycles. The number of imidazole rings is 1. The molecule has 0 radical (unpaired) electrons. The van der Waals surface area contributed by atoms with Crippen LogP contribution in [-0.4, -0.2) is 19.9 Å². The number of fused-ring (bicyclic) bond motifs is 1. The van der Waals surface area contributed by atoms with Gasteiger partial charge in [0.15, 0.2) is 16.8 Å². The van der Waals surface area contributed by atoms with Crippen molar-refractivity contribution in [2.24, 2.45) is 0 Å². The highest BCUT2D eigenvalue weighted by atomic mass is 15.0. The zero-order valence-electron chi connectivity index (χ0n) is 6.94. The number of aromatic amines is 1. The van der Waals surface area contributed by atoms with Crippen LogP contribution in [0.25, 0.3) is 11.3 Å². The van der Waals surface area contributed by atoms with Crippen LogP contribution in [0.2, 0.25) is 0 Å². The summed E-state index contributed by atoms with van der Waals surface area (Å²) in [6, 6.07) is 1.77. The standard InChI is InChI=1S/C7H5N7/c8-1-3-4(9)13-6-7(12-2-11-6)14-5(3)10/h2H,(H4,9,10,11,12,13,14).